The summed E-state index contributed by atoms with van der Waals surface area (Å²) >= 11 is 0. The maximum atomic E-state index is 11.2. The summed E-state index contributed by atoms with van der Waals surface area (Å²) in [4.78, 5) is 16.6. The van der Waals surface area contributed by atoms with Crippen molar-refractivity contribution < 1.29 is 14.3 Å². The number of hydrogen-bond acceptors (Lipinski definition) is 2. The number of hydroxylamine groups is 3. The van der Waals surface area contributed by atoms with Crippen LogP contribution < -0.4 is 0 Å². The summed E-state index contributed by atoms with van der Waals surface area (Å²) in [6, 6.07) is 0. The molecule has 0 aromatic heterocycles. The van der Waals surface area contributed by atoms with Gasteiger partial charge in [-0.1, -0.05) is 19.9 Å². The molecule has 0 spiro atoms. The first-order chi connectivity index (χ1) is 6.72. The molecule has 1 aliphatic rings. The number of likely N-dealkylation sites (tertiary alicyclic amines) is 1. The average Bonchev–Trinajstić information content (AvgIpc) is 2.64. The van der Waals surface area contributed by atoms with E-state index in [2.05, 4.69) is 13.5 Å². The van der Waals surface area contributed by atoms with E-state index in [1.54, 1.807) is 0 Å². The number of unbranched alkanes of at least 4 members (excludes halogenated alkanes) is 1. The Labute approximate surface area is 85.9 Å². The third-order valence-corrected chi connectivity index (χ3v) is 2.75. The zero-order chi connectivity index (χ0) is 10.4. The number of carbonyl (C=O) groups excluding carboxylic acids is 1. The molecular formula is C11H20NO2+. The number of nitrogens with zero attached hydrogens (tertiary/aromatic N) is 1. The van der Waals surface area contributed by atoms with Gasteiger partial charge in [0.05, 0.1) is 0 Å². The third-order valence-electron chi connectivity index (χ3n) is 2.75. The van der Waals surface area contributed by atoms with Gasteiger partial charge in [-0.2, -0.15) is 0 Å². The monoisotopic (exact) mass is 198 g/mol. The highest BCUT2D eigenvalue weighted by atomic mass is 16.7. The summed E-state index contributed by atoms with van der Waals surface area (Å²) in [5, 5.41) is 0. The quantitative estimate of drug-likeness (QED) is 0.499. The van der Waals surface area contributed by atoms with E-state index in [0.29, 0.717) is 4.65 Å². The van der Waals surface area contributed by atoms with Crippen molar-refractivity contribution in [3.05, 3.63) is 12.7 Å². The smallest absolute Gasteiger partial charge is 0.272 e. The maximum absolute atomic E-state index is 11.2. The van der Waals surface area contributed by atoms with Gasteiger partial charge in [-0.25, -0.2) is 4.79 Å². The molecule has 0 atom stereocenters. The normalized spacial score (nSPS) is 19.2. The van der Waals surface area contributed by atoms with Gasteiger partial charge in [0.15, 0.2) is 0 Å². The van der Waals surface area contributed by atoms with Crippen LogP contribution in [0.5, 0.6) is 0 Å². The van der Waals surface area contributed by atoms with E-state index in [4.69, 9.17) is 4.84 Å². The zero-order valence-electron chi connectivity index (χ0n) is 9.00. The Morgan fingerprint density at radius 2 is 2.14 bits per heavy atom. The number of carbonyl (C=O) groups is 1. The van der Waals surface area contributed by atoms with Gasteiger partial charge in [-0.15, -0.1) is 4.65 Å². The van der Waals surface area contributed by atoms with E-state index in [0.717, 1.165) is 45.3 Å². The Kier molecular flexibility index (Phi) is 4.14. The fraction of sp³-hybridized carbons (Fsp3) is 0.727. The van der Waals surface area contributed by atoms with Crippen molar-refractivity contribution in [1.82, 2.24) is 0 Å². The molecule has 1 aliphatic heterocycles. The summed E-state index contributed by atoms with van der Waals surface area (Å²) < 4.78 is 0.526. The second kappa shape index (κ2) is 5.15. The molecule has 0 N–H and O–H groups in total. The van der Waals surface area contributed by atoms with Crippen molar-refractivity contribution in [2.45, 2.75) is 32.6 Å². The lowest BCUT2D eigenvalue weighted by atomic mass is 10.3. The average molecular weight is 198 g/mol. The molecule has 1 fully saturated rings. The molecule has 14 heavy (non-hydrogen) atoms. The molecular weight excluding hydrogens is 178 g/mol. The zero-order valence-corrected chi connectivity index (χ0v) is 9.00. The topological polar surface area (TPSA) is 26.3 Å². The van der Waals surface area contributed by atoms with Crippen molar-refractivity contribution in [2.75, 3.05) is 19.6 Å². The Bertz CT molecular complexity index is 207. The fourth-order valence-electron chi connectivity index (χ4n) is 1.95. The van der Waals surface area contributed by atoms with Gasteiger partial charge in [0, 0.05) is 18.9 Å². The molecule has 0 radical (unpaired) electrons. The predicted molar refractivity (Wildman–Crippen MR) is 55.3 cm³/mol. The minimum absolute atomic E-state index is 0.289. The second-order valence-corrected chi connectivity index (χ2v) is 3.90. The molecule has 3 heteroatoms. The highest BCUT2D eigenvalue weighted by Gasteiger charge is 2.35. The SMILES string of the molecule is C=CC(=O)O[N+]1(CCCC)CCCC1. The lowest BCUT2D eigenvalue weighted by Crippen LogP contribution is -2.47. The van der Waals surface area contributed by atoms with Gasteiger partial charge in [-0.3, -0.25) is 4.84 Å². The summed E-state index contributed by atoms with van der Waals surface area (Å²) in [6.07, 6.45) is 5.84. The summed E-state index contributed by atoms with van der Waals surface area (Å²) in [6.45, 7) is 8.48. The van der Waals surface area contributed by atoms with Crippen molar-refractivity contribution in [2.24, 2.45) is 0 Å². The molecule has 3 nitrogen and oxygen atoms in total. The molecule has 0 unspecified atom stereocenters. The number of hydrogen-bond donors (Lipinski definition) is 0. The fourth-order valence-corrected chi connectivity index (χ4v) is 1.95. The number of rotatable bonds is 5. The molecule has 0 aromatic carbocycles. The summed E-state index contributed by atoms with van der Waals surface area (Å²) in [7, 11) is 0. The van der Waals surface area contributed by atoms with Crippen molar-refractivity contribution in [1.29, 1.82) is 0 Å². The van der Waals surface area contributed by atoms with Crippen LogP contribution in [0, 0.1) is 0 Å². The van der Waals surface area contributed by atoms with E-state index in [1.165, 1.54) is 6.08 Å². The Morgan fingerprint density at radius 3 is 2.64 bits per heavy atom. The Balaban J connectivity index is 2.52. The molecule has 0 aliphatic carbocycles. The maximum Gasteiger partial charge on any atom is 0.389 e. The van der Waals surface area contributed by atoms with Crippen LogP contribution in [0.1, 0.15) is 32.6 Å². The highest BCUT2D eigenvalue weighted by Crippen LogP contribution is 2.21. The van der Waals surface area contributed by atoms with Crippen LogP contribution in [0.15, 0.2) is 12.7 Å². The molecule has 0 amide bonds. The minimum atomic E-state index is -0.289. The van der Waals surface area contributed by atoms with Crippen molar-refractivity contribution in [3.63, 3.8) is 0 Å². The van der Waals surface area contributed by atoms with E-state index in [1.807, 2.05) is 0 Å². The van der Waals surface area contributed by atoms with E-state index >= 15 is 0 Å². The summed E-state index contributed by atoms with van der Waals surface area (Å²) in [5.74, 6) is -0.289. The van der Waals surface area contributed by atoms with Crippen LogP contribution in [-0.4, -0.2) is 30.2 Å². The first-order valence-electron chi connectivity index (χ1n) is 5.44. The van der Waals surface area contributed by atoms with E-state index in [9.17, 15) is 4.79 Å². The Hall–Kier alpha value is -0.830. The number of quaternary nitrogens is 1. The molecule has 1 saturated heterocycles. The van der Waals surface area contributed by atoms with Gasteiger partial charge >= 0.3 is 5.97 Å². The third kappa shape index (κ3) is 2.84. The first kappa shape index (κ1) is 11.2. The molecule has 1 heterocycles. The van der Waals surface area contributed by atoms with Crippen LogP contribution in [-0.2, 0) is 9.63 Å². The predicted octanol–water partition coefficient (Wildman–Crippen LogP) is 2.04. The lowest BCUT2D eigenvalue weighted by molar-refractivity contribution is -1.08. The molecule has 0 aromatic rings. The van der Waals surface area contributed by atoms with Crippen LogP contribution in [0.2, 0.25) is 0 Å². The van der Waals surface area contributed by atoms with Gasteiger partial charge < -0.3 is 0 Å². The van der Waals surface area contributed by atoms with Gasteiger partial charge in [0.2, 0.25) is 0 Å². The minimum Gasteiger partial charge on any atom is -0.272 e. The van der Waals surface area contributed by atoms with Crippen LogP contribution in [0.3, 0.4) is 0 Å². The van der Waals surface area contributed by atoms with Gasteiger partial charge in [-0.05, 0) is 6.42 Å². The molecule has 0 bridgehead atoms. The Morgan fingerprint density at radius 1 is 1.50 bits per heavy atom. The van der Waals surface area contributed by atoms with E-state index < -0.39 is 0 Å². The van der Waals surface area contributed by atoms with E-state index in [-0.39, 0.29) is 5.97 Å². The molecule has 1 rings (SSSR count). The standard InChI is InChI=1S/C11H20NO2/c1-3-5-8-12(9-6-7-10-12)14-11(13)4-2/h4H,2-3,5-10H2,1H3/q+1. The molecule has 0 saturated carbocycles. The van der Waals surface area contributed by atoms with Gasteiger partial charge in [0.25, 0.3) is 0 Å². The van der Waals surface area contributed by atoms with Crippen LogP contribution in [0.4, 0.5) is 0 Å². The second-order valence-electron chi connectivity index (χ2n) is 3.90. The summed E-state index contributed by atoms with van der Waals surface area (Å²) in [5.41, 5.74) is 0. The highest BCUT2D eigenvalue weighted by molar-refractivity contribution is 5.80. The first-order valence-corrected chi connectivity index (χ1v) is 5.44. The van der Waals surface area contributed by atoms with Crippen LogP contribution >= 0.6 is 0 Å². The van der Waals surface area contributed by atoms with Crippen molar-refractivity contribution in [3.8, 4) is 0 Å². The van der Waals surface area contributed by atoms with Gasteiger partial charge in [0.1, 0.15) is 19.6 Å². The lowest BCUT2D eigenvalue weighted by Gasteiger charge is -2.29. The largest absolute Gasteiger partial charge is 0.389 e. The van der Waals surface area contributed by atoms with Crippen LogP contribution in [0.25, 0.3) is 0 Å². The molecule has 80 valence electrons. The van der Waals surface area contributed by atoms with Crippen molar-refractivity contribution >= 4 is 5.97 Å².